The van der Waals surface area contributed by atoms with Gasteiger partial charge in [-0.05, 0) is 42.3 Å². The highest BCUT2D eigenvalue weighted by Gasteiger charge is 2.23. The molecule has 0 heterocycles. The molecule has 0 unspecified atom stereocenters. The molecule has 0 saturated heterocycles. The van der Waals surface area contributed by atoms with Gasteiger partial charge >= 0.3 is 5.97 Å². The lowest BCUT2D eigenvalue weighted by Gasteiger charge is -2.26. The smallest absolute Gasteiger partial charge is 0.308 e. The number of rotatable bonds is 5. The summed E-state index contributed by atoms with van der Waals surface area (Å²) in [4.78, 5) is 21.6. The molecular formula is C26H28O4. The molecule has 4 heteroatoms. The summed E-state index contributed by atoms with van der Waals surface area (Å²) in [6, 6.07) is 24.9. The van der Waals surface area contributed by atoms with Crippen molar-refractivity contribution < 1.29 is 19.1 Å². The molecule has 0 aromatic heterocycles. The number of ketones is 1. The van der Waals surface area contributed by atoms with Crippen molar-refractivity contribution in [1.29, 1.82) is 0 Å². The second-order valence-corrected chi connectivity index (χ2v) is 7.39. The number of hydrogen-bond donors (Lipinski definition) is 0. The van der Waals surface area contributed by atoms with Crippen LogP contribution in [0.5, 0.6) is 11.5 Å². The highest BCUT2D eigenvalue weighted by molar-refractivity contribution is 5.93. The van der Waals surface area contributed by atoms with Crippen LogP contribution in [0, 0.1) is 0 Å². The Morgan fingerprint density at radius 1 is 0.700 bits per heavy atom. The molecule has 0 fully saturated rings. The molecule has 0 bridgehead atoms. The first-order chi connectivity index (χ1) is 14.2. The molecule has 0 atom stereocenters. The van der Waals surface area contributed by atoms with Gasteiger partial charge in [0.15, 0.2) is 5.78 Å². The van der Waals surface area contributed by atoms with E-state index < -0.39 is 0 Å². The van der Waals surface area contributed by atoms with Gasteiger partial charge in [-0.1, -0.05) is 68.4 Å². The molecule has 3 aromatic rings. The molecule has 3 rings (SSSR count). The van der Waals surface area contributed by atoms with E-state index in [1.165, 1.54) is 12.5 Å². The predicted octanol–water partition coefficient (Wildman–Crippen LogP) is 5.84. The van der Waals surface area contributed by atoms with Crippen LogP contribution in [0.15, 0.2) is 78.9 Å². The average Bonchev–Trinajstić information content (AvgIpc) is 2.75. The van der Waals surface area contributed by atoms with Crippen molar-refractivity contribution in [2.24, 2.45) is 0 Å². The first-order valence-electron chi connectivity index (χ1n) is 9.73. The lowest BCUT2D eigenvalue weighted by atomic mass is 9.78. The van der Waals surface area contributed by atoms with E-state index in [4.69, 9.17) is 9.47 Å². The van der Waals surface area contributed by atoms with Crippen molar-refractivity contribution in [3.63, 3.8) is 0 Å². The van der Waals surface area contributed by atoms with Gasteiger partial charge < -0.3 is 9.47 Å². The second kappa shape index (κ2) is 10.4. The Bertz CT molecular complexity index is 956. The Labute approximate surface area is 178 Å². The van der Waals surface area contributed by atoms with E-state index in [0.29, 0.717) is 5.75 Å². The first kappa shape index (κ1) is 22.9. The molecule has 4 nitrogen and oxygen atoms in total. The zero-order valence-corrected chi connectivity index (χ0v) is 18.1. The van der Waals surface area contributed by atoms with E-state index in [1.807, 2.05) is 66.7 Å². The van der Waals surface area contributed by atoms with Crippen molar-refractivity contribution in [3.8, 4) is 11.5 Å². The maximum Gasteiger partial charge on any atom is 0.308 e. The first-order valence-corrected chi connectivity index (χ1v) is 9.73. The fourth-order valence-electron chi connectivity index (χ4n) is 2.95. The Morgan fingerprint density at radius 2 is 1.17 bits per heavy atom. The summed E-state index contributed by atoms with van der Waals surface area (Å²) in [6.45, 7) is 7.29. The van der Waals surface area contributed by atoms with Crippen LogP contribution < -0.4 is 9.47 Å². The highest BCUT2D eigenvalue weighted by Crippen LogP contribution is 2.33. The Kier molecular flexibility index (Phi) is 7.93. The molecule has 3 aromatic carbocycles. The highest BCUT2D eigenvalue weighted by atomic mass is 16.5. The van der Waals surface area contributed by atoms with E-state index in [2.05, 4.69) is 26.0 Å². The fraction of sp³-hybridized carbons (Fsp3) is 0.231. The number of benzene rings is 3. The molecule has 0 radical (unpaired) electrons. The lowest BCUT2D eigenvalue weighted by molar-refractivity contribution is -0.131. The number of methoxy groups -OCH3 is 1. The van der Waals surface area contributed by atoms with Crippen molar-refractivity contribution in [2.75, 3.05) is 7.11 Å². The van der Waals surface area contributed by atoms with Gasteiger partial charge in [0.2, 0.25) is 0 Å². The van der Waals surface area contributed by atoms with E-state index >= 15 is 0 Å². The van der Waals surface area contributed by atoms with Crippen molar-refractivity contribution in [2.45, 2.75) is 33.1 Å². The van der Waals surface area contributed by atoms with E-state index in [9.17, 15) is 9.59 Å². The standard InChI is InChI=1S/C18H20O3.C8H8O/c1-13(19)21-17-11-7-15(8-12-17)18(2,3)14-5-9-16(20-4)10-6-14;1-7(9)8-5-3-2-4-6-8/h5-12H,1-4H3;2-6H,1H3. The average molecular weight is 405 g/mol. The van der Waals surface area contributed by atoms with Crippen molar-refractivity contribution in [3.05, 3.63) is 95.6 Å². The summed E-state index contributed by atoms with van der Waals surface area (Å²) in [5.74, 6) is 1.23. The molecular weight excluding hydrogens is 376 g/mol. The van der Waals surface area contributed by atoms with Gasteiger partial charge in [0, 0.05) is 17.9 Å². The number of esters is 1. The number of ether oxygens (including phenoxy) is 2. The minimum absolute atomic E-state index is 0.121. The third-order valence-corrected chi connectivity index (χ3v) is 4.83. The van der Waals surface area contributed by atoms with Gasteiger partial charge in [0.25, 0.3) is 0 Å². The van der Waals surface area contributed by atoms with Crippen LogP contribution >= 0.6 is 0 Å². The second-order valence-electron chi connectivity index (χ2n) is 7.39. The zero-order chi connectivity index (χ0) is 22.1. The number of Topliss-reactive ketones (excluding diaryl/α,β-unsaturated/α-hetero) is 1. The van der Waals surface area contributed by atoms with Crippen LogP contribution in [0.25, 0.3) is 0 Å². The van der Waals surface area contributed by atoms with Crippen LogP contribution in [-0.2, 0) is 10.2 Å². The van der Waals surface area contributed by atoms with Gasteiger partial charge in [-0.15, -0.1) is 0 Å². The Balaban J connectivity index is 0.000000297. The largest absolute Gasteiger partial charge is 0.497 e. The number of carbonyl (C=O) groups is 2. The van der Waals surface area contributed by atoms with Crippen LogP contribution in [0.3, 0.4) is 0 Å². The summed E-state index contributed by atoms with van der Waals surface area (Å²) < 4.78 is 10.3. The minimum atomic E-state index is -0.308. The van der Waals surface area contributed by atoms with Gasteiger partial charge in [-0.25, -0.2) is 0 Å². The van der Waals surface area contributed by atoms with Gasteiger partial charge in [-0.2, -0.15) is 0 Å². The predicted molar refractivity (Wildman–Crippen MR) is 119 cm³/mol. The third kappa shape index (κ3) is 6.31. The Hall–Kier alpha value is -3.40. The van der Waals surface area contributed by atoms with Crippen LogP contribution in [0.1, 0.15) is 49.2 Å². The summed E-state index contributed by atoms with van der Waals surface area (Å²) >= 11 is 0. The quantitative estimate of drug-likeness (QED) is 0.305. The SMILES string of the molecule is CC(=O)c1ccccc1.COc1ccc(C(C)(C)c2ccc(OC(C)=O)cc2)cc1. The molecule has 0 aliphatic heterocycles. The normalized spacial score (nSPS) is 10.4. The van der Waals surface area contributed by atoms with Crippen LogP contribution in [0.4, 0.5) is 0 Å². The van der Waals surface area contributed by atoms with Gasteiger partial charge in [0.05, 0.1) is 7.11 Å². The Morgan fingerprint density at radius 3 is 1.53 bits per heavy atom. The van der Waals surface area contributed by atoms with E-state index in [1.54, 1.807) is 14.0 Å². The lowest BCUT2D eigenvalue weighted by Crippen LogP contribution is -2.18. The molecule has 0 spiro atoms. The molecule has 0 N–H and O–H groups in total. The summed E-state index contributed by atoms with van der Waals surface area (Å²) in [6.07, 6.45) is 0. The summed E-state index contributed by atoms with van der Waals surface area (Å²) in [5.41, 5.74) is 2.99. The van der Waals surface area contributed by atoms with Crippen molar-refractivity contribution in [1.82, 2.24) is 0 Å². The number of carbonyl (C=O) groups excluding carboxylic acids is 2. The molecule has 156 valence electrons. The zero-order valence-electron chi connectivity index (χ0n) is 18.1. The van der Waals surface area contributed by atoms with Gasteiger partial charge in [0.1, 0.15) is 11.5 Å². The van der Waals surface area contributed by atoms with Crippen LogP contribution in [-0.4, -0.2) is 18.9 Å². The molecule has 0 amide bonds. The monoisotopic (exact) mass is 404 g/mol. The molecule has 0 aliphatic rings. The maximum absolute atomic E-state index is 10.9. The van der Waals surface area contributed by atoms with E-state index in [-0.39, 0.29) is 17.2 Å². The van der Waals surface area contributed by atoms with E-state index in [0.717, 1.165) is 16.9 Å². The molecule has 0 saturated carbocycles. The number of hydrogen-bond acceptors (Lipinski definition) is 4. The fourth-order valence-corrected chi connectivity index (χ4v) is 2.95. The third-order valence-electron chi connectivity index (χ3n) is 4.83. The molecule has 0 aliphatic carbocycles. The summed E-state index contributed by atoms with van der Waals surface area (Å²) in [5, 5.41) is 0. The minimum Gasteiger partial charge on any atom is -0.497 e. The maximum atomic E-state index is 10.9. The topological polar surface area (TPSA) is 52.6 Å². The molecule has 30 heavy (non-hydrogen) atoms. The van der Waals surface area contributed by atoms with Crippen molar-refractivity contribution >= 4 is 11.8 Å². The van der Waals surface area contributed by atoms with Gasteiger partial charge in [-0.3, -0.25) is 9.59 Å². The summed E-state index contributed by atoms with van der Waals surface area (Å²) in [7, 11) is 1.66. The van der Waals surface area contributed by atoms with Crippen LogP contribution in [0.2, 0.25) is 0 Å².